The van der Waals surface area contributed by atoms with Crippen LogP contribution in [0.2, 0.25) is 0 Å². The highest BCUT2D eigenvalue weighted by molar-refractivity contribution is 5.39. The van der Waals surface area contributed by atoms with Crippen molar-refractivity contribution in [3.8, 4) is 0 Å². The number of aromatic nitrogens is 2. The van der Waals surface area contributed by atoms with Gasteiger partial charge >= 0.3 is 0 Å². The molecule has 0 saturated carbocycles. The van der Waals surface area contributed by atoms with Crippen molar-refractivity contribution < 1.29 is 0 Å². The fourth-order valence-corrected chi connectivity index (χ4v) is 1.07. The van der Waals surface area contributed by atoms with E-state index in [2.05, 4.69) is 22.2 Å². The van der Waals surface area contributed by atoms with Crippen molar-refractivity contribution in [1.29, 1.82) is 0 Å². The van der Waals surface area contributed by atoms with Gasteiger partial charge in [-0.1, -0.05) is 6.92 Å². The van der Waals surface area contributed by atoms with Crippen LogP contribution in [0.4, 0.5) is 5.82 Å². The lowest BCUT2D eigenvalue weighted by atomic mass is 10.2. The summed E-state index contributed by atoms with van der Waals surface area (Å²) in [6.45, 7) is 4.64. The minimum Gasteiger partial charge on any atom is -0.365 e. The van der Waals surface area contributed by atoms with Gasteiger partial charge in [-0.05, 0) is 13.3 Å². The smallest absolute Gasteiger partial charge is 0.147 e. The number of aryl methyl sites for hydroxylation is 1. The summed E-state index contributed by atoms with van der Waals surface area (Å²) in [5, 5.41) is 3.25. The Kier molecular flexibility index (Phi) is 3.64. The highest BCUT2D eigenvalue weighted by atomic mass is 15.0. The molecule has 0 saturated heterocycles. The third kappa shape index (κ3) is 2.66. The quantitative estimate of drug-likeness (QED) is 0.723. The summed E-state index contributed by atoms with van der Waals surface area (Å²) >= 11 is 0. The molecule has 0 aliphatic carbocycles. The topological polar surface area (TPSA) is 63.8 Å². The molecular formula is C9H16N4. The molecule has 1 aromatic heterocycles. The Morgan fingerprint density at radius 3 is 2.69 bits per heavy atom. The van der Waals surface area contributed by atoms with Crippen molar-refractivity contribution in [2.75, 3.05) is 11.9 Å². The van der Waals surface area contributed by atoms with Gasteiger partial charge in [0.2, 0.25) is 0 Å². The van der Waals surface area contributed by atoms with Crippen molar-refractivity contribution in [2.24, 2.45) is 5.73 Å². The summed E-state index contributed by atoms with van der Waals surface area (Å²) in [4.78, 5) is 8.32. The van der Waals surface area contributed by atoms with Crippen LogP contribution in [0.15, 0.2) is 12.4 Å². The SMILES string of the molecule is CCC(CN)Nc1nccnc1C. The normalized spacial score (nSPS) is 12.5. The molecule has 1 aromatic rings. The molecule has 0 radical (unpaired) electrons. The molecule has 1 atom stereocenters. The van der Waals surface area contributed by atoms with Crippen LogP contribution >= 0.6 is 0 Å². The molecule has 1 unspecified atom stereocenters. The highest BCUT2D eigenvalue weighted by Gasteiger charge is 2.05. The molecule has 0 spiro atoms. The van der Waals surface area contributed by atoms with E-state index >= 15 is 0 Å². The number of nitrogens with zero attached hydrogens (tertiary/aromatic N) is 2. The molecule has 0 fully saturated rings. The minimum absolute atomic E-state index is 0.287. The van der Waals surface area contributed by atoms with Gasteiger partial charge in [0.25, 0.3) is 0 Å². The van der Waals surface area contributed by atoms with Crippen molar-refractivity contribution in [2.45, 2.75) is 26.3 Å². The summed E-state index contributed by atoms with van der Waals surface area (Å²) in [6.07, 6.45) is 4.36. The van der Waals surface area contributed by atoms with E-state index in [1.807, 2.05) is 6.92 Å². The van der Waals surface area contributed by atoms with Gasteiger partial charge in [0.15, 0.2) is 0 Å². The van der Waals surface area contributed by atoms with E-state index in [4.69, 9.17) is 5.73 Å². The van der Waals surface area contributed by atoms with Crippen LogP contribution in [0, 0.1) is 6.92 Å². The fourth-order valence-electron chi connectivity index (χ4n) is 1.07. The Bertz CT molecular complexity index is 258. The van der Waals surface area contributed by atoms with Crippen LogP contribution in [0.5, 0.6) is 0 Å². The van der Waals surface area contributed by atoms with Gasteiger partial charge in [-0.15, -0.1) is 0 Å². The zero-order chi connectivity index (χ0) is 9.68. The number of nitrogens with two attached hydrogens (primary N) is 1. The van der Waals surface area contributed by atoms with Gasteiger partial charge in [-0.2, -0.15) is 0 Å². The Hall–Kier alpha value is -1.16. The summed E-state index contributed by atoms with van der Waals surface area (Å²) in [6, 6.07) is 0.287. The van der Waals surface area contributed by atoms with E-state index in [1.165, 1.54) is 0 Å². The van der Waals surface area contributed by atoms with E-state index in [9.17, 15) is 0 Å². The Labute approximate surface area is 78.6 Å². The second-order valence-electron chi connectivity index (χ2n) is 2.98. The maximum Gasteiger partial charge on any atom is 0.147 e. The van der Waals surface area contributed by atoms with Crippen molar-refractivity contribution in [3.63, 3.8) is 0 Å². The summed E-state index contributed by atoms with van der Waals surface area (Å²) < 4.78 is 0. The van der Waals surface area contributed by atoms with Crippen LogP contribution < -0.4 is 11.1 Å². The van der Waals surface area contributed by atoms with Crippen LogP contribution in [-0.4, -0.2) is 22.6 Å². The molecule has 0 bridgehead atoms. The van der Waals surface area contributed by atoms with E-state index < -0.39 is 0 Å². The maximum absolute atomic E-state index is 5.57. The molecule has 1 rings (SSSR count). The standard InChI is InChI=1S/C9H16N4/c1-3-8(6-10)13-9-7(2)11-4-5-12-9/h4-5,8H,3,6,10H2,1-2H3,(H,12,13). The predicted octanol–water partition coefficient (Wildman–Crippen LogP) is 0.934. The first-order chi connectivity index (χ1) is 6.27. The first-order valence-corrected chi connectivity index (χ1v) is 4.52. The molecule has 0 amide bonds. The second kappa shape index (κ2) is 4.77. The fraction of sp³-hybridized carbons (Fsp3) is 0.556. The molecule has 4 nitrogen and oxygen atoms in total. The Morgan fingerprint density at radius 2 is 2.15 bits per heavy atom. The number of anilines is 1. The third-order valence-corrected chi connectivity index (χ3v) is 2.00. The molecule has 0 aromatic carbocycles. The molecule has 4 heteroatoms. The van der Waals surface area contributed by atoms with Crippen molar-refractivity contribution in [3.05, 3.63) is 18.1 Å². The molecule has 1 heterocycles. The lowest BCUT2D eigenvalue weighted by Gasteiger charge is -2.15. The Morgan fingerprint density at radius 1 is 1.46 bits per heavy atom. The minimum atomic E-state index is 0.287. The van der Waals surface area contributed by atoms with Crippen LogP contribution in [0.1, 0.15) is 19.0 Å². The van der Waals surface area contributed by atoms with Gasteiger partial charge in [0, 0.05) is 25.0 Å². The largest absolute Gasteiger partial charge is 0.365 e. The third-order valence-electron chi connectivity index (χ3n) is 2.00. The molecule has 0 aliphatic rings. The predicted molar refractivity (Wildman–Crippen MR) is 53.5 cm³/mol. The monoisotopic (exact) mass is 180 g/mol. The Balaban J connectivity index is 2.67. The lowest BCUT2D eigenvalue weighted by molar-refractivity contribution is 0.698. The van der Waals surface area contributed by atoms with Gasteiger partial charge in [-0.3, -0.25) is 4.98 Å². The van der Waals surface area contributed by atoms with Crippen molar-refractivity contribution in [1.82, 2.24) is 9.97 Å². The summed E-state index contributed by atoms with van der Waals surface area (Å²) in [5.74, 6) is 0.833. The second-order valence-corrected chi connectivity index (χ2v) is 2.98. The molecule has 0 aliphatic heterocycles. The highest BCUT2D eigenvalue weighted by Crippen LogP contribution is 2.08. The zero-order valence-corrected chi connectivity index (χ0v) is 8.12. The zero-order valence-electron chi connectivity index (χ0n) is 8.12. The number of rotatable bonds is 4. The number of nitrogens with one attached hydrogen (secondary N) is 1. The van der Waals surface area contributed by atoms with E-state index in [0.717, 1.165) is 17.9 Å². The van der Waals surface area contributed by atoms with E-state index in [1.54, 1.807) is 12.4 Å². The average Bonchev–Trinajstić information content (AvgIpc) is 2.17. The van der Waals surface area contributed by atoms with Crippen LogP contribution in [0.25, 0.3) is 0 Å². The molecule has 13 heavy (non-hydrogen) atoms. The molecular weight excluding hydrogens is 164 g/mol. The van der Waals surface area contributed by atoms with E-state index in [0.29, 0.717) is 6.54 Å². The van der Waals surface area contributed by atoms with Gasteiger partial charge in [0.1, 0.15) is 5.82 Å². The lowest BCUT2D eigenvalue weighted by Crippen LogP contribution is -2.28. The van der Waals surface area contributed by atoms with Crippen LogP contribution in [0.3, 0.4) is 0 Å². The first kappa shape index (κ1) is 9.92. The van der Waals surface area contributed by atoms with E-state index in [-0.39, 0.29) is 6.04 Å². The maximum atomic E-state index is 5.57. The average molecular weight is 180 g/mol. The summed E-state index contributed by atoms with van der Waals surface area (Å²) in [5.41, 5.74) is 6.48. The first-order valence-electron chi connectivity index (χ1n) is 4.52. The van der Waals surface area contributed by atoms with Gasteiger partial charge in [-0.25, -0.2) is 4.98 Å². The van der Waals surface area contributed by atoms with Gasteiger partial charge < -0.3 is 11.1 Å². The number of hydrogen-bond donors (Lipinski definition) is 2. The summed E-state index contributed by atoms with van der Waals surface area (Å²) in [7, 11) is 0. The van der Waals surface area contributed by atoms with Gasteiger partial charge in [0.05, 0.1) is 5.69 Å². The van der Waals surface area contributed by atoms with Crippen LogP contribution in [-0.2, 0) is 0 Å². The van der Waals surface area contributed by atoms with Crippen molar-refractivity contribution >= 4 is 5.82 Å². The molecule has 72 valence electrons. The molecule has 3 N–H and O–H groups in total. The number of hydrogen-bond acceptors (Lipinski definition) is 4.